The van der Waals surface area contributed by atoms with Crippen molar-refractivity contribution in [2.75, 3.05) is 88.1 Å². The van der Waals surface area contributed by atoms with Crippen molar-refractivity contribution in [1.82, 2.24) is 35.0 Å². The first-order valence-corrected chi connectivity index (χ1v) is 33.0. The minimum atomic E-state index is -4.48. The fraction of sp³-hybridized carbons (Fsp3) is 0.719. The van der Waals surface area contributed by atoms with Gasteiger partial charge in [-0.05, 0) is 81.1 Å². The van der Waals surface area contributed by atoms with E-state index in [0.717, 1.165) is 4.90 Å². The molecule has 0 aliphatic carbocycles. The van der Waals surface area contributed by atoms with Crippen molar-refractivity contribution in [3.05, 3.63) is 42.0 Å². The van der Waals surface area contributed by atoms with E-state index in [1.165, 1.54) is 57.6 Å². The number of sulfonamides is 1. The van der Waals surface area contributed by atoms with Gasteiger partial charge in [0.25, 0.3) is 21.8 Å². The largest absolute Gasteiger partial charge is 0.379 e. The van der Waals surface area contributed by atoms with Gasteiger partial charge in [0.05, 0.1) is 99.8 Å². The number of ether oxygens (including phenoxy) is 5. The van der Waals surface area contributed by atoms with E-state index in [0.29, 0.717) is 44.2 Å². The molecule has 2 aliphatic heterocycles. The molecule has 90 heavy (non-hydrogen) atoms. The van der Waals surface area contributed by atoms with Crippen molar-refractivity contribution in [2.24, 2.45) is 41.2 Å². The number of likely N-dealkylation sites (tertiary alicyclic amines) is 1. The number of unbranched alkanes of at least 4 members (excludes halogenated alkanes) is 1. The minimum Gasteiger partial charge on any atom is -0.379 e. The van der Waals surface area contributed by atoms with Crippen LogP contribution in [0.15, 0.2) is 41.3 Å². The van der Waals surface area contributed by atoms with Crippen LogP contribution in [0.1, 0.15) is 132 Å². The minimum absolute atomic E-state index is 0.0183. The second-order valence-electron chi connectivity index (χ2n) is 24.8. The second kappa shape index (κ2) is 38.7. The maximum atomic E-state index is 14.4. The molecule has 1 saturated heterocycles. The van der Waals surface area contributed by atoms with E-state index in [-0.39, 0.29) is 149 Å². The number of hydrogen-bond donors (Lipinski definition) is 4. The van der Waals surface area contributed by atoms with Gasteiger partial charge in [0.15, 0.2) is 5.78 Å². The average Bonchev–Trinajstić information content (AvgIpc) is 1.72. The number of Topliss-reactive ketones (excluding diaryl/α,β-unsaturated/α-hetero) is 2. The summed E-state index contributed by atoms with van der Waals surface area (Å²) in [5.41, 5.74) is 5.76. The molecule has 0 aromatic heterocycles. The van der Waals surface area contributed by atoms with E-state index in [9.17, 15) is 56.4 Å². The highest BCUT2D eigenvalue weighted by atomic mass is 32.2. The van der Waals surface area contributed by atoms with E-state index in [4.69, 9.17) is 29.4 Å². The molecule has 0 radical (unpaired) electrons. The predicted octanol–water partition coefficient (Wildman–Crippen LogP) is 3.38. The number of carbonyl (C=O) groups is 10. The van der Waals surface area contributed by atoms with Gasteiger partial charge < -0.3 is 49.9 Å². The van der Waals surface area contributed by atoms with Crippen molar-refractivity contribution < 1.29 is 80.0 Å². The number of carbonyl (C=O) groups excluding carboxylic acids is 10. The van der Waals surface area contributed by atoms with Crippen LogP contribution >= 0.6 is 0 Å². The van der Waals surface area contributed by atoms with Gasteiger partial charge in [-0.1, -0.05) is 87.3 Å². The molecule has 508 valence electrons. The molecule has 1 aromatic carbocycles. The second-order valence-corrected chi connectivity index (χ2v) is 26.5. The summed E-state index contributed by atoms with van der Waals surface area (Å²) in [5, 5.41) is 5.85. The van der Waals surface area contributed by atoms with Crippen molar-refractivity contribution in [3.8, 4) is 0 Å². The van der Waals surface area contributed by atoms with E-state index in [1.807, 2.05) is 60.5 Å². The number of benzene rings is 1. The van der Waals surface area contributed by atoms with Gasteiger partial charge in [0.1, 0.15) is 11.8 Å². The number of amides is 8. The molecule has 8 amide bonds. The first-order chi connectivity index (χ1) is 42.4. The number of imide groups is 1. The molecular weight excluding hydrogens is 1180 g/mol. The lowest BCUT2D eigenvalue weighted by molar-refractivity contribution is -0.148. The zero-order valence-electron chi connectivity index (χ0n) is 55.6. The number of likely N-dealkylation sites (N-methyl/N-ethyl adjacent to an activating group) is 2. The number of nitrogens with one attached hydrogen (secondary N) is 3. The van der Waals surface area contributed by atoms with Gasteiger partial charge in [-0.25, -0.2) is 13.1 Å². The van der Waals surface area contributed by atoms with Gasteiger partial charge in [0, 0.05) is 71.6 Å². The SMILES string of the molecule is CC[C@H](C)[C@@H]([C@@H](CC(=O)N1CCC[C@H]1[C@H](OC)[C@@H](C)C(=O)NS(=O)(=O)c1ccc(CC(=O)[C@H](CCCCC(N)=O)NC(=O)[C@@H](CC(=O)CCOCCOCCOCCN2C(=O)C=CC2=O)C(C)C)cc1)OC)N(C)C(=O)[C@@H](NC(=O)[C@H](C(C)C)N(C)C)C(C)C. The maximum absolute atomic E-state index is 14.4. The Kier molecular flexibility index (Phi) is 33.7. The van der Waals surface area contributed by atoms with Gasteiger partial charge in [0.2, 0.25) is 35.4 Å². The Morgan fingerprint density at radius 2 is 1.32 bits per heavy atom. The van der Waals surface area contributed by atoms with E-state index in [1.54, 1.807) is 30.7 Å². The van der Waals surface area contributed by atoms with Crippen LogP contribution < -0.4 is 21.1 Å². The molecule has 0 bridgehead atoms. The molecule has 0 unspecified atom stereocenters. The smallest absolute Gasteiger partial charge is 0.264 e. The predicted molar refractivity (Wildman–Crippen MR) is 336 cm³/mol. The van der Waals surface area contributed by atoms with Crippen LogP contribution in [0, 0.1) is 35.5 Å². The van der Waals surface area contributed by atoms with Gasteiger partial charge >= 0.3 is 0 Å². The van der Waals surface area contributed by atoms with Gasteiger partial charge in [-0.2, -0.15) is 0 Å². The summed E-state index contributed by atoms with van der Waals surface area (Å²) in [5.74, 6) is -6.71. The molecular formula is C64H104N8O17S. The van der Waals surface area contributed by atoms with Crippen LogP contribution in [-0.4, -0.2) is 217 Å². The highest BCUT2D eigenvalue weighted by Crippen LogP contribution is 2.30. The van der Waals surface area contributed by atoms with Crippen molar-refractivity contribution >= 4 is 68.8 Å². The number of rotatable bonds is 44. The van der Waals surface area contributed by atoms with E-state index in [2.05, 4.69) is 15.4 Å². The van der Waals surface area contributed by atoms with Crippen LogP contribution in [0.2, 0.25) is 0 Å². The first-order valence-electron chi connectivity index (χ1n) is 31.6. The summed E-state index contributed by atoms with van der Waals surface area (Å²) in [6, 6.07) is 1.83. The summed E-state index contributed by atoms with van der Waals surface area (Å²) in [4.78, 5) is 138. The number of hydrogen-bond acceptors (Lipinski definition) is 18. The Balaban J connectivity index is 1.64. The molecule has 5 N–H and O–H groups in total. The van der Waals surface area contributed by atoms with Crippen LogP contribution in [-0.2, 0) is 88.1 Å². The Bertz CT molecular complexity index is 2660. The van der Waals surface area contributed by atoms with Crippen molar-refractivity contribution in [2.45, 2.75) is 180 Å². The highest BCUT2D eigenvalue weighted by molar-refractivity contribution is 7.90. The number of methoxy groups -OCH3 is 2. The van der Waals surface area contributed by atoms with Gasteiger partial charge in [-0.15, -0.1) is 0 Å². The third-order valence-electron chi connectivity index (χ3n) is 16.9. The lowest BCUT2D eigenvalue weighted by Crippen LogP contribution is -2.59. The van der Waals surface area contributed by atoms with Crippen molar-refractivity contribution in [3.63, 3.8) is 0 Å². The fourth-order valence-corrected chi connectivity index (χ4v) is 12.6. The maximum Gasteiger partial charge on any atom is 0.264 e. The molecule has 2 heterocycles. The number of ketones is 2. The summed E-state index contributed by atoms with van der Waals surface area (Å²) in [6.45, 7) is 18.3. The summed E-state index contributed by atoms with van der Waals surface area (Å²) < 4.78 is 58.2. The molecule has 2 aliphatic rings. The first kappa shape index (κ1) is 78.2. The summed E-state index contributed by atoms with van der Waals surface area (Å²) in [7, 11) is 3.70. The Morgan fingerprint density at radius 1 is 0.722 bits per heavy atom. The van der Waals surface area contributed by atoms with Crippen LogP contribution in [0.25, 0.3) is 0 Å². The molecule has 0 saturated carbocycles. The van der Waals surface area contributed by atoms with E-state index < -0.39 is 87.8 Å². The van der Waals surface area contributed by atoms with Crippen LogP contribution in [0.4, 0.5) is 0 Å². The Hall–Kier alpha value is -6.03. The third-order valence-corrected chi connectivity index (χ3v) is 18.2. The number of primary amides is 1. The molecule has 1 aromatic rings. The fourth-order valence-electron chi connectivity index (χ4n) is 11.6. The average molecular weight is 1290 g/mol. The lowest BCUT2D eigenvalue weighted by atomic mass is 9.88. The van der Waals surface area contributed by atoms with Gasteiger partial charge in [-0.3, -0.25) is 57.7 Å². The number of nitrogens with two attached hydrogens (primary N) is 1. The Morgan fingerprint density at radius 3 is 1.86 bits per heavy atom. The van der Waals surface area contributed by atoms with Crippen molar-refractivity contribution in [1.29, 1.82) is 0 Å². The van der Waals surface area contributed by atoms with Crippen LogP contribution in [0.3, 0.4) is 0 Å². The Labute approximate surface area is 533 Å². The highest BCUT2D eigenvalue weighted by Gasteiger charge is 2.44. The quantitative estimate of drug-likeness (QED) is 0.0537. The lowest BCUT2D eigenvalue weighted by Gasteiger charge is -2.41. The summed E-state index contributed by atoms with van der Waals surface area (Å²) in [6.07, 6.45) is 2.95. The molecule has 0 spiro atoms. The standard InChI is InChI=1S/C64H104N8O17S/c1-15-43(8)59(70(12)64(82)57(41(4)5)67-63(81)58(42(6)7)69(10)11)52(85-13)39-56(78)71-29-18-20-50(71)60(86-14)44(9)61(79)68-90(83,84)47-24-22-45(23-25-47)37-51(74)49(19-16-17-21-53(65)75)66-62(80)48(40(2)3)38-46(73)28-31-87-33-35-89-36-34-88-32-30-72-54(76)26-27-55(72)77/h22-27,40-44,48-50,52,57-60H,15-21,28-39H2,1-14H3,(H2,65,75)(H,66,80)(H,67,81)(H,68,79)/t43-,44+,48-,49-,50-,52+,57-,58-,59-,60+/m0/s1. The monoisotopic (exact) mass is 1290 g/mol. The molecule has 1 fully saturated rings. The zero-order chi connectivity index (χ0) is 67.6. The zero-order valence-corrected chi connectivity index (χ0v) is 56.4. The molecule has 25 nitrogen and oxygen atoms in total. The molecule has 10 atom stereocenters. The topological polar surface area (TPSA) is 326 Å². The van der Waals surface area contributed by atoms with E-state index >= 15 is 0 Å². The number of nitrogens with zero attached hydrogens (tertiary/aromatic N) is 4. The van der Waals surface area contributed by atoms with Crippen LogP contribution in [0.5, 0.6) is 0 Å². The molecule has 26 heteroatoms. The third kappa shape index (κ3) is 24.2. The molecule has 3 rings (SSSR count). The normalized spacial score (nSPS) is 17.5. The summed E-state index contributed by atoms with van der Waals surface area (Å²) >= 11 is 0.